The summed E-state index contributed by atoms with van der Waals surface area (Å²) >= 11 is 0. The first-order valence-electron chi connectivity index (χ1n) is 8.40. The van der Waals surface area contributed by atoms with Crippen molar-refractivity contribution in [3.63, 3.8) is 0 Å². The van der Waals surface area contributed by atoms with E-state index in [2.05, 4.69) is 20.6 Å². The van der Waals surface area contributed by atoms with E-state index < -0.39 is 0 Å². The second-order valence-electron chi connectivity index (χ2n) is 5.65. The lowest BCUT2D eigenvalue weighted by molar-refractivity contribution is 0.405. The molecule has 3 rings (SSSR count). The Balaban J connectivity index is 1.74. The largest absolute Gasteiger partial charge is 0.497 e. The summed E-state index contributed by atoms with van der Waals surface area (Å²) in [7, 11) is 4.90. The van der Waals surface area contributed by atoms with Gasteiger partial charge in [-0.25, -0.2) is 9.97 Å². The smallest absolute Gasteiger partial charge is 0.142 e. The Morgan fingerprint density at radius 1 is 0.815 bits per heavy atom. The summed E-state index contributed by atoms with van der Waals surface area (Å²) in [6.45, 7) is 0.586. The topological polar surface area (TPSA) is 77.5 Å². The van der Waals surface area contributed by atoms with Crippen molar-refractivity contribution in [3.05, 3.63) is 60.4 Å². The van der Waals surface area contributed by atoms with Gasteiger partial charge in [-0.2, -0.15) is 0 Å². The maximum absolute atomic E-state index is 5.39. The zero-order chi connectivity index (χ0) is 19.1. The van der Waals surface area contributed by atoms with Crippen molar-refractivity contribution in [3.8, 4) is 17.2 Å². The van der Waals surface area contributed by atoms with Crippen LogP contribution >= 0.6 is 0 Å². The lowest BCUT2D eigenvalue weighted by Gasteiger charge is -2.13. The maximum Gasteiger partial charge on any atom is 0.142 e. The second-order valence-corrected chi connectivity index (χ2v) is 5.65. The van der Waals surface area contributed by atoms with Gasteiger partial charge in [0.2, 0.25) is 0 Å². The van der Waals surface area contributed by atoms with Crippen molar-refractivity contribution in [2.75, 3.05) is 32.0 Å². The van der Waals surface area contributed by atoms with E-state index in [-0.39, 0.29) is 0 Å². The van der Waals surface area contributed by atoms with Gasteiger partial charge >= 0.3 is 0 Å². The predicted molar refractivity (Wildman–Crippen MR) is 105 cm³/mol. The van der Waals surface area contributed by atoms with Gasteiger partial charge in [-0.1, -0.05) is 18.2 Å². The fraction of sp³-hybridized carbons (Fsp3) is 0.200. The van der Waals surface area contributed by atoms with Gasteiger partial charge in [0.15, 0.2) is 0 Å². The highest BCUT2D eigenvalue weighted by Crippen LogP contribution is 2.31. The molecule has 0 spiro atoms. The molecule has 27 heavy (non-hydrogen) atoms. The number of nitrogens with zero attached hydrogens (tertiary/aromatic N) is 2. The molecule has 0 radical (unpaired) electrons. The molecule has 140 valence electrons. The molecule has 2 aromatic carbocycles. The molecule has 1 heterocycles. The first kappa shape index (κ1) is 18.3. The Morgan fingerprint density at radius 3 is 2.37 bits per heavy atom. The quantitative estimate of drug-likeness (QED) is 0.627. The summed E-state index contributed by atoms with van der Waals surface area (Å²) in [4.78, 5) is 8.54. The standard InChI is InChI=1S/C20H22N4O3/c1-25-15-8-9-18(27-3)16(10-15)24-20-11-19(22-13-23-20)21-12-14-6-4-5-7-17(14)26-2/h4-11,13H,12H2,1-3H3,(H2,21,22,23,24). The lowest BCUT2D eigenvalue weighted by Crippen LogP contribution is -2.04. The van der Waals surface area contributed by atoms with Gasteiger partial charge in [-0.05, 0) is 18.2 Å². The normalized spacial score (nSPS) is 10.2. The third kappa shape index (κ3) is 4.58. The van der Waals surface area contributed by atoms with Crippen LogP contribution in [-0.2, 0) is 6.54 Å². The molecule has 0 atom stereocenters. The molecule has 1 aromatic heterocycles. The number of hydrogen-bond donors (Lipinski definition) is 2. The second kappa shape index (κ2) is 8.75. The summed E-state index contributed by atoms with van der Waals surface area (Å²) < 4.78 is 16.0. The third-order valence-corrected chi connectivity index (χ3v) is 3.99. The maximum atomic E-state index is 5.39. The van der Waals surface area contributed by atoms with E-state index in [9.17, 15) is 0 Å². The molecule has 0 aliphatic rings. The van der Waals surface area contributed by atoms with Crippen molar-refractivity contribution < 1.29 is 14.2 Å². The highest BCUT2D eigenvalue weighted by Gasteiger charge is 2.08. The molecule has 0 unspecified atom stereocenters. The fourth-order valence-electron chi connectivity index (χ4n) is 2.61. The van der Waals surface area contributed by atoms with Gasteiger partial charge in [-0.3, -0.25) is 0 Å². The minimum atomic E-state index is 0.586. The average molecular weight is 366 g/mol. The molecule has 0 saturated carbocycles. The number of para-hydroxylation sites is 1. The van der Waals surface area contributed by atoms with Crippen molar-refractivity contribution in [2.45, 2.75) is 6.54 Å². The number of ether oxygens (including phenoxy) is 3. The molecular weight excluding hydrogens is 344 g/mol. The highest BCUT2D eigenvalue weighted by molar-refractivity contribution is 5.67. The molecule has 0 aliphatic carbocycles. The van der Waals surface area contributed by atoms with Crippen LogP contribution in [0.4, 0.5) is 17.3 Å². The molecule has 0 fully saturated rings. The monoisotopic (exact) mass is 366 g/mol. The van der Waals surface area contributed by atoms with Gasteiger partial charge < -0.3 is 24.8 Å². The SMILES string of the molecule is COc1ccc(OC)c(Nc2cc(NCc3ccccc3OC)ncn2)c1. The van der Waals surface area contributed by atoms with Crippen molar-refractivity contribution in [1.82, 2.24) is 9.97 Å². The Kier molecular flexibility index (Phi) is 5.94. The number of rotatable bonds is 8. The van der Waals surface area contributed by atoms with Gasteiger partial charge in [0, 0.05) is 24.2 Å². The van der Waals surface area contributed by atoms with E-state index in [0.29, 0.717) is 23.9 Å². The number of nitrogens with one attached hydrogen (secondary N) is 2. The van der Waals surface area contributed by atoms with Crippen LogP contribution in [0.1, 0.15) is 5.56 Å². The van der Waals surface area contributed by atoms with E-state index in [1.54, 1.807) is 21.3 Å². The van der Waals surface area contributed by atoms with E-state index in [0.717, 1.165) is 22.7 Å². The minimum Gasteiger partial charge on any atom is -0.497 e. The number of aromatic nitrogens is 2. The van der Waals surface area contributed by atoms with Crippen molar-refractivity contribution >= 4 is 17.3 Å². The fourth-order valence-corrected chi connectivity index (χ4v) is 2.61. The van der Waals surface area contributed by atoms with Crippen molar-refractivity contribution in [1.29, 1.82) is 0 Å². The molecule has 3 aromatic rings. The van der Waals surface area contributed by atoms with Crippen LogP contribution in [0.15, 0.2) is 54.9 Å². The Bertz CT molecular complexity index is 902. The summed E-state index contributed by atoms with van der Waals surface area (Å²) in [5.74, 6) is 3.58. The van der Waals surface area contributed by atoms with Crippen LogP contribution < -0.4 is 24.8 Å². The Morgan fingerprint density at radius 2 is 1.59 bits per heavy atom. The van der Waals surface area contributed by atoms with E-state index >= 15 is 0 Å². The Labute approximate surface area is 158 Å². The Hall–Kier alpha value is -3.48. The number of methoxy groups -OCH3 is 3. The van der Waals surface area contributed by atoms with Gasteiger partial charge in [0.25, 0.3) is 0 Å². The zero-order valence-electron chi connectivity index (χ0n) is 15.5. The van der Waals surface area contributed by atoms with Crippen LogP contribution in [-0.4, -0.2) is 31.3 Å². The summed E-state index contributed by atoms with van der Waals surface area (Å²) in [6, 6.07) is 15.2. The zero-order valence-corrected chi connectivity index (χ0v) is 15.5. The van der Waals surface area contributed by atoms with Crippen LogP contribution in [0, 0.1) is 0 Å². The van der Waals surface area contributed by atoms with Gasteiger partial charge in [0.05, 0.1) is 27.0 Å². The molecule has 0 aliphatic heterocycles. The summed E-state index contributed by atoms with van der Waals surface area (Å²) in [6.07, 6.45) is 1.50. The number of benzene rings is 2. The van der Waals surface area contributed by atoms with E-state index in [1.165, 1.54) is 6.33 Å². The van der Waals surface area contributed by atoms with E-state index in [1.807, 2.05) is 48.5 Å². The molecule has 0 amide bonds. The molecule has 7 nitrogen and oxygen atoms in total. The first-order valence-corrected chi connectivity index (χ1v) is 8.40. The third-order valence-electron chi connectivity index (χ3n) is 3.99. The number of hydrogen-bond acceptors (Lipinski definition) is 7. The van der Waals surface area contributed by atoms with Gasteiger partial charge in [-0.15, -0.1) is 0 Å². The summed E-state index contributed by atoms with van der Waals surface area (Å²) in [5.41, 5.74) is 1.80. The van der Waals surface area contributed by atoms with Crippen molar-refractivity contribution in [2.24, 2.45) is 0 Å². The highest BCUT2D eigenvalue weighted by atomic mass is 16.5. The first-order chi connectivity index (χ1) is 13.2. The lowest BCUT2D eigenvalue weighted by atomic mass is 10.2. The number of anilines is 3. The van der Waals surface area contributed by atoms with Gasteiger partial charge in [0.1, 0.15) is 35.2 Å². The molecule has 7 heteroatoms. The van der Waals surface area contributed by atoms with Crippen LogP contribution in [0.25, 0.3) is 0 Å². The molecular formula is C20H22N4O3. The van der Waals surface area contributed by atoms with Crippen LogP contribution in [0.5, 0.6) is 17.2 Å². The van der Waals surface area contributed by atoms with Crippen LogP contribution in [0.3, 0.4) is 0 Å². The predicted octanol–water partition coefficient (Wildman–Crippen LogP) is 3.86. The summed E-state index contributed by atoms with van der Waals surface area (Å²) in [5, 5.41) is 6.52. The molecule has 2 N–H and O–H groups in total. The average Bonchev–Trinajstić information content (AvgIpc) is 2.72. The molecule has 0 saturated heterocycles. The minimum absolute atomic E-state index is 0.586. The van der Waals surface area contributed by atoms with Crippen LogP contribution in [0.2, 0.25) is 0 Å². The molecule has 0 bridgehead atoms. The van der Waals surface area contributed by atoms with E-state index in [4.69, 9.17) is 14.2 Å².